The highest BCUT2D eigenvalue weighted by molar-refractivity contribution is 9.10. The summed E-state index contributed by atoms with van der Waals surface area (Å²) >= 11 is 3.59. The number of halogens is 1. The van der Waals surface area contributed by atoms with E-state index in [1.54, 1.807) is 0 Å². The zero-order valence-corrected chi connectivity index (χ0v) is 13.8. The predicted molar refractivity (Wildman–Crippen MR) is 82.6 cm³/mol. The van der Waals surface area contributed by atoms with Crippen LogP contribution in [-0.4, -0.2) is 26.3 Å². The van der Waals surface area contributed by atoms with Crippen molar-refractivity contribution in [3.05, 3.63) is 40.1 Å². The average Bonchev–Trinajstić information content (AvgIpc) is 2.79. The van der Waals surface area contributed by atoms with E-state index in [1.165, 1.54) is 0 Å². The smallest absolute Gasteiger partial charge is 0.151 e. The van der Waals surface area contributed by atoms with Gasteiger partial charge >= 0.3 is 0 Å². The molecule has 6 heteroatoms. The lowest BCUT2D eigenvalue weighted by Crippen LogP contribution is -2.27. The largest absolute Gasteiger partial charge is 0.303 e. The number of hydrogen-bond donors (Lipinski definition) is 1. The highest BCUT2D eigenvalue weighted by Crippen LogP contribution is 2.28. The van der Waals surface area contributed by atoms with Gasteiger partial charge in [-0.3, -0.25) is 4.68 Å². The Bertz CT molecular complexity index is 561. The highest BCUT2D eigenvalue weighted by atomic mass is 79.9. The molecule has 0 aromatic carbocycles. The van der Waals surface area contributed by atoms with Crippen LogP contribution in [0.2, 0.25) is 0 Å². The number of aromatic nitrogens is 4. The van der Waals surface area contributed by atoms with Gasteiger partial charge in [-0.05, 0) is 48.8 Å². The highest BCUT2D eigenvalue weighted by Gasteiger charge is 2.24. The van der Waals surface area contributed by atoms with Crippen LogP contribution >= 0.6 is 15.9 Å². The van der Waals surface area contributed by atoms with Crippen molar-refractivity contribution in [2.24, 2.45) is 0 Å². The lowest BCUT2D eigenvalue weighted by Gasteiger charge is -2.20. The number of nitrogens with zero attached hydrogens (tertiary/aromatic N) is 4. The molecule has 0 spiro atoms. The Hall–Kier alpha value is -1.27. The van der Waals surface area contributed by atoms with Gasteiger partial charge in [-0.15, -0.1) is 0 Å². The second-order valence-electron chi connectivity index (χ2n) is 5.03. The second kappa shape index (κ2) is 6.45. The van der Waals surface area contributed by atoms with E-state index in [1.807, 2.05) is 30.2 Å². The molecule has 0 aliphatic carbocycles. The normalized spacial score (nSPS) is 12.9. The quantitative estimate of drug-likeness (QED) is 0.911. The summed E-state index contributed by atoms with van der Waals surface area (Å²) in [6.07, 6.45) is 5.52. The minimum Gasteiger partial charge on any atom is -0.303 e. The maximum absolute atomic E-state index is 4.46. The fraction of sp³-hybridized carbons (Fsp3) is 0.500. The minimum absolute atomic E-state index is 0.0696. The molecule has 0 saturated heterocycles. The van der Waals surface area contributed by atoms with Gasteiger partial charge in [0, 0.05) is 18.4 Å². The SMILES string of the molecule is CCNC(c1ncc(C)cn1)c1c(Br)cnn1C(C)C. The molecule has 1 N–H and O–H groups in total. The summed E-state index contributed by atoms with van der Waals surface area (Å²) in [6.45, 7) is 9.12. The van der Waals surface area contributed by atoms with Crippen LogP contribution in [-0.2, 0) is 0 Å². The van der Waals surface area contributed by atoms with Gasteiger partial charge in [0.2, 0.25) is 0 Å². The first-order valence-corrected chi connectivity index (χ1v) is 7.58. The van der Waals surface area contributed by atoms with E-state index in [9.17, 15) is 0 Å². The molecule has 0 fully saturated rings. The van der Waals surface area contributed by atoms with Crippen molar-refractivity contribution >= 4 is 15.9 Å². The molecule has 2 aromatic rings. The van der Waals surface area contributed by atoms with Crippen molar-refractivity contribution < 1.29 is 0 Å². The Morgan fingerprint density at radius 2 is 1.90 bits per heavy atom. The van der Waals surface area contributed by atoms with Crippen LogP contribution in [0.4, 0.5) is 0 Å². The van der Waals surface area contributed by atoms with Crippen molar-refractivity contribution in [3.63, 3.8) is 0 Å². The first-order valence-electron chi connectivity index (χ1n) is 6.79. The fourth-order valence-electron chi connectivity index (χ4n) is 2.10. The third-order valence-corrected chi connectivity index (χ3v) is 3.63. The summed E-state index contributed by atoms with van der Waals surface area (Å²) in [5.74, 6) is 0.764. The third kappa shape index (κ3) is 3.07. The maximum atomic E-state index is 4.46. The molecule has 0 bridgehead atoms. The van der Waals surface area contributed by atoms with Gasteiger partial charge in [-0.2, -0.15) is 5.10 Å². The molecular formula is C14H20BrN5. The predicted octanol–water partition coefficient (Wildman–Crippen LogP) is 3.02. The van der Waals surface area contributed by atoms with Crippen LogP contribution in [0, 0.1) is 6.92 Å². The van der Waals surface area contributed by atoms with E-state index in [0.717, 1.165) is 28.1 Å². The van der Waals surface area contributed by atoms with Crippen LogP contribution in [0.25, 0.3) is 0 Å². The monoisotopic (exact) mass is 337 g/mol. The standard InChI is InChI=1S/C14H20BrN5/c1-5-16-12(14-17-6-10(4)7-18-14)13-11(15)8-19-20(13)9(2)3/h6-9,12,16H,5H2,1-4H3. The molecule has 2 heterocycles. The summed E-state index contributed by atoms with van der Waals surface area (Å²) in [6, 6.07) is 0.211. The van der Waals surface area contributed by atoms with Gasteiger partial charge in [0.1, 0.15) is 6.04 Å². The Balaban J connectivity index is 2.48. The van der Waals surface area contributed by atoms with Crippen LogP contribution in [0.1, 0.15) is 49.9 Å². The minimum atomic E-state index is -0.0696. The number of hydrogen-bond acceptors (Lipinski definition) is 4. The molecule has 2 rings (SSSR count). The molecule has 0 amide bonds. The van der Waals surface area contributed by atoms with Crippen molar-refractivity contribution in [1.29, 1.82) is 0 Å². The van der Waals surface area contributed by atoms with Crippen molar-refractivity contribution in [2.45, 2.75) is 39.8 Å². The van der Waals surface area contributed by atoms with E-state index >= 15 is 0 Å². The molecule has 20 heavy (non-hydrogen) atoms. The topological polar surface area (TPSA) is 55.6 Å². The Kier molecular flexibility index (Phi) is 4.88. The molecule has 0 aliphatic rings. The lowest BCUT2D eigenvalue weighted by atomic mass is 10.1. The molecule has 1 atom stereocenters. The summed E-state index contributed by atoms with van der Waals surface area (Å²) in [7, 11) is 0. The van der Waals surface area contributed by atoms with E-state index < -0.39 is 0 Å². The molecule has 108 valence electrons. The molecule has 5 nitrogen and oxygen atoms in total. The van der Waals surface area contributed by atoms with Gasteiger partial charge in [-0.1, -0.05) is 6.92 Å². The van der Waals surface area contributed by atoms with Crippen molar-refractivity contribution in [1.82, 2.24) is 25.1 Å². The van der Waals surface area contributed by atoms with Gasteiger partial charge in [0.15, 0.2) is 5.82 Å². The van der Waals surface area contributed by atoms with Crippen LogP contribution in [0.3, 0.4) is 0 Å². The van der Waals surface area contributed by atoms with Gasteiger partial charge in [0.25, 0.3) is 0 Å². The summed E-state index contributed by atoms with van der Waals surface area (Å²) < 4.78 is 2.97. The average molecular weight is 338 g/mol. The fourth-order valence-corrected chi connectivity index (χ4v) is 2.60. The van der Waals surface area contributed by atoms with E-state index in [-0.39, 0.29) is 12.1 Å². The van der Waals surface area contributed by atoms with Gasteiger partial charge < -0.3 is 5.32 Å². The Morgan fingerprint density at radius 3 is 2.45 bits per heavy atom. The molecular weight excluding hydrogens is 318 g/mol. The van der Waals surface area contributed by atoms with E-state index in [4.69, 9.17) is 0 Å². The number of nitrogens with one attached hydrogen (secondary N) is 1. The first-order chi connectivity index (χ1) is 9.54. The zero-order chi connectivity index (χ0) is 14.7. The maximum Gasteiger partial charge on any atom is 0.151 e. The molecule has 1 unspecified atom stereocenters. The second-order valence-corrected chi connectivity index (χ2v) is 5.88. The molecule has 0 radical (unpaired) electrons. The molecule has 0 aliphatic heterocycles. The Morgan fingerprint density at radius 1 is 1.25 bits per heavy atom. The van der Waals surface area contributed by atoms with Crippen LogP contribution < -0.4 is 5.32 Å². The molecule has 2 aromatic heterocycles. The lowest BCUT2D eigenvalue weighted by molar-refractivity contribution is 0.467. The zero-order valence-electron chi connectivity index (χ0n) is 12.3. The van der Waals surface area contributed by atoms with Crippen molar-refractivity contribution in [3.8, 4) is 0 Å². The van der Waals surface area contributed by atoms with Gasteiger partial charge in [-0.25, -0.2) is 9.97 Å². The third-order valence-electron chi connectivity index (χ3n) is 3.02. The Labute approximate surface area is 128 Å². The first kappa shape index (κ1) is 15.1. The summed E-state index contributed by atoms with van der Waals surface area (Å²) in [5, 5.41) is 7.88. The molecule has 0 saturated carbocycles. The number of aryl methyl sites for hydroxylation is 1. The number of rotatable bonds is 5. The van der Waals surface area contributed by atoms with Crippen LogP contribution in [0.15, 0.2) is 23.1 Å². The van der Waals surface area contributed by atoms with Crippen LogP contribution in [0.5, 0.6) is 0 Å². The van der Waals surface area contributed by atoms with E-state index in [2.05, 4.69) is 57.1 Å². The summed E-state index contributed by atoms with van der Waals surface area (Å²) in [4.78, 5) is 8.92. The van der Waals surface area contributed by atoms with E-state index in [0.29, 0.717) is 0 Å². The van der Waals surface area contributed by atoms with Gasteiger partial charge in [0.05, 0.1) is 16.4 Å². The van der Waals surface area contributed by atoms with Crippen molar-refractivity contribution in [2.75, 3.05) is 6.54 Å². The summed E-state index contributed by atoms with van der Waals surface area (Å²) in [5.41, 5.74) is 2.12.